The fourth-order valence-electron chi connectivity index (χ4n) is 1.64. The van der Waals surface area contributed by atoms with Gasteiger partial charge < -0.3 is 4.57 Å². The molecule has 98 valence electrons. The van der Waals surface area contributed by atoms with E-state index in [1.807, 2.05) is 6.07 Å². The summed E-state index contributed by atoms with van der Waals surface area (Å²) in [4.78, 5) is 4.10. The van der Waals surface area contributed by atoms with E-state index in [1.165, 1.54) is 12.1 Å². The molecule has 0 unspecified atom stereocenters. The van der Waals surface area contributed by atoms with Gasteiger partial charge in [-0.1, -0.05) is 12.1 Å². The summed E-state index contributed by atoms with van der Waals surface area (Å²) in [6, 6.07) is 6.86. The second-order valence-electron chi connectivity index (χ2n) is 3.98. The molecule has 0 fully saturated rings. The maximum absolute atomic E-state index is 12.4. The Hall–Kier alpha value is -2.29. The average molecular weight is 265 g/mol. The molecule has 6 heteroatoms. The summed E-state index contributed by atoms with van der Waals surface area (Å²) in [7, 11) is 0. The zero-order valence-corrected chi connectivity index (χ0v) is 9.85. The molecule has 3 nitrogen and oxygen atoms in total. The fraction of sp³-hybridized carbons (Fsp3) is 0.231. The number of nitrogens with zero attached hydrogens (tertiary/aromatic N) is 3. The van der Waals surface area contributed by atoms with Crippen LogP contribution >= 0.6 is 0 Å². The highest BCUT2D eigenvalue weighted by Crippen LogP contribution is 2.30. The Kier molecular flexibility index (Phi) is 3.56. The van der Waals surface area contributed by atoms with Crippen molar-refractivity contribution in [3.05, 3.63) is 42.4 Å². The molecule has 0 bridgehead atoms. The van der Waals surface area contributed by atoms with E-state index in [-0.39, 0.29) is 0 Å². The van der Waals surface area contributed by atoms with Crippen molar-refractivity contribution in [2.45, 2.75) is 19.1 Å². The van der Waals surface area contributed by atoms with Crippen molar-refractivity contribution in [3.63, 3.8) is 0 Å². The van der Waals surface area contributed by atoms with Gasteiger partial charge in [0.15, 0.2) is 0 Å². The Balaban J connectivity index is 2.18. The van der Waals surface area contributed by atoms with Crippen LogP contribution in [0.15, 0.2) is 36.8 Å². The first kappa shape index (κ1) is 13.1. The van der Waals surface area contributed by atoms with Crippen molar-refractivity contribution in [2.24, 2.45) is 0 Å². The van der Waals surface area contributed by atoms with E-state index in [9.17, 15) is 13.2 Å². The monoisotopic (exact) mass is 265 g/mol. The molecule has 0 aliphatic rings. The van der Waals surface area contributed by atoms with Gasteiger partial charge in [0.25, 0.3) is 0 Å². The molecule has 0 atom stereocenters. The highest BCUT2D eigenvalue weighted by molar-refractivity contribution is 5.58. The van der Waals surface area contributed by atoms with Crippen LogP contribution in [-0.2, 0) is 12.7 Å². The first-order valence-electron chi connectivity index (χ1n) is 5.57. The summed E-state index contributed by atoms with van der Waals surface area (Å²) >= 11 is 0. The number of benzene rings is 1. The minimum absolute atomic E-state index is 0.364. The number of aromatic nitrogens is 2. The number of nitriles is 1. The molecule has 0 radical (unpaired) electrons. The molecule has 19 heavy (non-hydrogen) atoms. The summed E-state index contributed by atoms with van der Waals surface area (Å²) in [5.41, 5.74) is 0.524. The SMILES string of the molecule is N#CCCn1cnc(-c2ccc(C(F)(F)F)cc2)c1. The predicted molar refractivity (Wildman–Crippen MR) is 62.9 cm³/mol. The van der Waals surface area contributed by atoms with Crippen LogP contribution in [0.5, 0.6) is 0 Å². The normalized spacial score (nSPS) is 11.3. The van der Waals surface area contributed by atoms with Crippen molar-refractivity contribution in [1.29, 1.82) is 5.26 Å². The quantitative estimate of drug-likeness (QED) is 0.852. The second-order valence-corrected chi connectivity index (χ2v) is 3.98. The van der Waals surface area contributed by atoms with Gasteiger partial charge in [0, 0.05) is 18.3 Å². The van der Waals surface area contributed by atoms with E-state index < -0.39 is 11.7 Å². The molecule has 0 spiro atoms. The van der Waals surface area contributed by atoms with Crippen LogP contribution in [0.3, 0.4) is 0 Å². The number of alkyl halides is 3. The Labute approximate surface area is 107 Å². The molecule has 0 saturated heterocycles. The number of rotatable bonds is 3. The third kappa shape index (κ3) is 3.13. The summed E-state index contributed by atoms with van der Waals surface area (Å²) in [5.74, 6) is 0. The van der Waals surface area contributed by atoms with Crippen LogP contribution in [0.25, 0.3) is 11.3 Å². The Morgan fingerprint density at radius 1 is 1.21 bits per heavy atom. The molecule has 1 aromatic carbocycles. The zero-order chi connectivity index (χ0) is 13.9. The van der Waals surface area contributed by atoms with E-state index in [0.717, 1.165) is 12.1 Å². The lowest BCUT2D eigenvalue weighted by molar-refractivity contribution is -0.137. The zero-order valence-electron chi connectivity index (χ0n) is 9.85. The lowest BCUT2D eigenvalue weighted by atomic mass is 10.1. The van der Waals surface area contributed by atoms with Gasteiger partial charge in [0.05, 0.1) is 30.1 Å². The molecule has 1 aromatic heterocycles. The third-order valence-corrected chi connectivity index (χ3v) is 2.62. The molecule has 2 aromatic rings. The van der Waals surface area contributed by atoms with E-state index in [2.05, 4.69) is 4.98 Å². The van der Waals surface area contributed by atoms with Gasteiger partial charge in [-0.2, -0.15) is 18.4 Å². The lowest BCUT2D eigenvalue weighted by Crippen LogP contribution is -2.03. The fourth-order valence-corrected chi connectivity index (χ4v) is 1.64. The van der Waals surface area contributed by atoms with Crippen molar-refractivity contribution in [1.82, 2.24) is 9.55 Å². The smallest absolute Gasteiger partial charge is 0.336 e. The van der Waals surface area contributed by atoms with Gasteiger partial charge in [0.2, 0.25) is 0 Å². The van der Waals surface area contributed by atoms with Gasteiger partial charge >= 0.3 is 6.18 Å². The Bertz CT molecular complexity index is 591. The van der Waals surface area contributed by atoms with Crippen LogP contribution in [0.2, 0.25) is 0 Å². The van der Waals surface area contributed by atoms with E-state index in [4.69, 9.17) is 5.26 Å². The van der Waals surface area contributed by atoms with Gasteiger partial charge in [0.1, 0.15) is 0 Å². The second kappa shape index (κ2) is 5.14. The highest BCUT2D eigenvalue weighted by atomic mass is 19.4. The van der Waals surface area contributed by atoms with Crippen LogP contribution in [0, 0.1) is 11.3 Å². The van der Waals surface area contributed by atoms with Crippen molar-refractivity contribution in [2.75, 3.05) is 0 Å². The van der Waals surface area contributed by atoms with Gasteiger partial charge in [-0.05, 0) is 12.1 Å². The predicted octanol–water partition coefficient (Wildman–Crippen LogP) is 3.48. The molecule has 0 amide bonds. The Morgan fingerprint density at radius 3 is 2.47 bits per heavy atom. The third-order valence-electron chi connectivity index (χ3n) is 2.62. The number of imidazole rings is 1. The standard InChI is InChI=1S/C13H10F3N3/c14-13(15,16)11-4-2-10(3-5-11)12-8-19(9-18-12)7-1-6-17/h2-5,8-9H,1,7H2. The molecule has 0 saturated carbocycles. The van der Waals surface area contributed by atoms with Crippen LogP contribution < -0.4 is 0 Å². The molecule has 0 aliphatic heterocycles. The van der Waals surface area contributed by atoms with Crippen molar-refractivity contribution >= 4 is 0 Å². The molecule has 0 aliphatic carbocycles. The van der Waals surface area contributed by atoms with Crippen molar-refractivity contribution in [3.8, 4) is 17.3 Å². The molecular formula is C13H10F3N3. The molecule has 1 heterocycles. The summed E-state index contributed by atoms with van der Waals surface area (Å²) < 4.78 is 39.0. The van der Waals surface area contributed by atoms with Gasteiger partial charge in [-0.3, -0.25) is 0 Å². The molecule has 0 N–H and O–H groups in total. The minimum Gasteiger partial charge on any atom is -0.336 e. The maximum Gasteiger partial charge on any atom is 0.416 e. The first-order valence-corrected chi connectivity index (χ1v) is 5.57. The van der Waals surface area contributed by atoms with E-state index in [1.54, 1.807) is 17.1 Å². The molecule has 2 rings (SSSR count). The van der Waals surface area contributed by atoms with Crippen LogP contribution in [0.4, 0.5) is 13.2 Å². The molecular weight excluding hydrogens is 255 g/mol. The van der Waals surface area contributed by atoms with Gasteiger partial charge in [-0.25, -0.2) is 4.98 Å². The lowest BCUT2D eigenvalue weighted by Gasteiger charge is -2.06. The number of aryl methyl sites for hydroxylation is 1. The number of hydrogen-bond donors (Lipinski definition) is 0. The van der Waals surface area contributed by atoms with Crippen molar-refractivity contribution < 1.29 is 13.2 Å². The first-order chi connectivity index (χ1) is 9.00. The topological polar surface area (TPSA) is 41.6 Å². The number of halogens is 3. The van der Waals surface area contributed by atoms with Gasteiger partial charge in [-0.15, -0.1) is 0 Å². The minimum atomic E-state index is -4.33. The van der Waals surface area contributed by atoms with E-state index >= 15 is 0 Å². The average Bonchev–Trinajstić information content (AvgIpc) is 2.84. The summed E-state index contributed by atoms with van der Waals surface area (Å²) in [5, 5.41) is 8.47. The highest BCUT2D eigenvalue weighted by Gasteiger charge is 2.29. The largest absolute Gasteiger partial charge is 0.416 e. The van der Waals surface area contributed by atoms with Crippen LogP contribution in [-0.4, -0.2) is 9.55 Å². The van der Waals surface area contributed by atoms with Crippen LogP contribution in [0.1, 0.15) is 12.0 Å². The van der Waals surface area contributed by atoms with E-state index in [0.29, 0.717) is 24.2 Å². The number of hydrogen-bond acceptors (Lipinski definition) is 2. The summed E-state index contributed by atoms with van der Waals surface area (Å²) in [6.07, 6.45) is -0.697. The summed E-state index contributed by atoms with van der Waals surface area (Å²) in [6.45, 7) is 0.518. The maximum atomic E-state index is 12.4. The Morgan fingerprint density at radius 2 is 1.89 bits per heavy atom.